The van der Waals surface area contributed by atoms with Gasteiger partial charge in [0.15, 0.2) is 4.77 Å². The van der Waals surface area contributed by atoms with Crippen molar-refractivity contribution < 1.29 is 13.2 Å². The van der Waals surface area contributed by atoms with Gasteiger partial charge in [-0.1, -0.05) is 12.1 Å². The van der Waals surface area contributed by atoms with E-state index in [1.165, 1.54) is 5.56 Å². The van der Waals surface area contributed by atoms with Gasteiger partial charge in [-0.3, -0.25) is 5.10 Å². The van der Waals surface area contributed by atoms with Gasteiger partial charge in [-0.05, 0) is 56.1 Å². The van der Waals surface area contributed by atoms with Gasteiger partial charge in [0.1, 0.15) is 11.6 Å². The highest BCUT2D eigenvalue weighted by Crippen LogP contribution is 2.27. The number of aromatic amines is 1. The lowest BCUT2D eigenvalue weighted by Gasteiger charge is -2.31. The number of H-pyrrole nitrogens is 1. The van der Waals surface area contributed by atoms with E-state index in [0.29, 0.717) is 24.4 Å². The predicted molar refractivity (Wildman–Crippen MR) is 107 cm³/mol. The first-order chi connectivity index (χ1) is 12.9. The third kappa shape index (κ3) is 4.59. The molecule has 0 spiro atoms. The van der Waals surface area contributed by atoms with Crippen molar-refractivity contribution in [3.05, 3.63) is 40.4 Å². The van der Waals surface area contributed by atoms with Crippen molar-refractivity contribution in [2.45, 2.75) is 38.6 Å². The predicted octanol–water partition coefficient (Wildman–Crippen LogP) is 2.72. The normalized spacial score (nSPS) is 18.5. The van der Waals surface area contributed by atoms with E-state index in [9.17, 15) is 8.42 Å². The summed E-state index contributed by atoms with van der Waals surface area (Å²) >= 11 is 5.42. The van der Waals surface area contributed by atoms with Crippen molar-refractivity contribution in [3.8, 4) is 5.75 Å². The van der Waals surface area contributed by atoms with Crippen LogP contribution in [-0.4, -0.2) is 53.4 Å². The number of sulfonamides is 1. The Morgan fingerprint density at radius 3 is 2.74 bits per heavy atom. The van der Waals surface area contributed by atoms with Crippen LogP contribution < -0.4 is 4.74 Å². The third-order valence-electron chi connectivity index (χ3n) is 5.08. The highest BCUT2D eigenvalue weighted by molar-refractivity contribution is 7.89. The first-order valence-electron chi connectivity index (χ1n) is 9.20. The average Bonchev–Trinajstić information content (AvgIpc) is 3.07. The van der Waals surface area contributed by atoms with Gasteiger partial charge in [0.25, 0.3) is 0 Å². The van der Waals surface area contributed by atoms with E-state index >= 15 is 0 Å². The van der Waals surface area contributed by atoms with E-state index in [0.717, 1.165) is 30.8 Å². The molecule has 3 rings (SSSR count). The summed E-state index contributed by atoms with van der Waals surface area (Å²) in [6, 6.07) is 7.97. The monoisotopic (exact) mass is 410 g/mol. The fourth-order valence-electron chi connectivity index (χ4n) is 3.48. The summed E-state index contributed by atoms with van der Waals surface area (Å²) in [4.78, 5) is 0. The highest BCUT2D eigenvalue weighted by atomic mass is 32.2. The minimum Gasteiger partial charge on any atom is -0.497 e. The van der Waals surface area contributed by atoms with Gasteiger partial charge in [0.05, 0.1) is 12.9 Å². The molecular formula is C18H26N4O3S2. The summed E-state index contributed by atoms with van der Waals surface area (Å²) in [6.07, 6.45) is 2.56. The lowest BCUT2D eigenvalue weighted by Crippen LogP contribution is -2.40. The van der Waals surface area contributed by atoms with Gasteiger partial charge in [0, 0.05) is 25.6 Å². The molecule has 1 N–H and O–H groups in total. The number of hydrogen-bond donors (Lipinski definition) is 1. The number of hydrogen-bond acceptors (Lipinski definition) is 5. The number of benzene rings is 1. The second kappa shape index (κ2) is 8.53. The molecule has 1 aliphatic heterocycles. The van der Waals surface area contributed by atoms with Crippen LogP contribution in [0.15, 0.2) is 24.3 Å². The maximum Gasteiger partial charge on any atom is 0.213 e. The Kier molecular flexibility index (Phi) is 6.33. The van der Waals surface area contributed by atoms with Crippen LogP contribution >= 0.6 is 12.2 Å². The van der Waals surface area contributed by atoms with E-state index in [1.807, 2.05) is 28.8 Å². The topological polar surface area (TPSA) is 80.2 Å². The summed E-state index contributed by atoms with van der Waals surface area (Å²) in [5.41, 5.74) is 1.18. The quantitative estimate of drug-likeness (QED) is 0.710. The molecule has 148 valence electrons. The van der Waals surface area contributed by atoms with Crippen LogP contribution in [0.1, 0.15) is 37.1 Å². The molecule has 2 heterocycles. The summed E-state index contributed by atoms with van der Waals surface area (Å²) in [6.45, 7) is 3.44. The molecular weight excluding hydrogens is 384 g/mol. The van der Waals surface area contributed by atoms with Crippen molar-refractivity contribution in [1.29, 1.82) is 0 Å². The summed E-state index contributed by atoms with van der Waals surface area (Å²) in [5.74, 6) is 1.87. The van der Waals surface area contributed by atoms with Gasteiger partial charge in [-0.15, -0.1) is 0 Å². The van der Waals surface area contributed by atoms with Gasteiger partial charge in [0.2, 0.25) is 10.0 Å². The number of aryl methyl sites for hydroxylation is 1. The van der Waals surface area contributed by atoms with E-state index < -0.39 is 10.0 Å². The van der Waals surface area contributed by atoms with Crippen LogP contribution in [0.3, 0.4) is 0 Å². The molecule has 2 aromatic rings. The minimum absolute atomic E-state index is 0.0592. The number of aromatic nitrogens is 3. The molecule has 27 heavy (non-hydrogen) atoms. The molecule has 0 aliphatic carbocycles. The number of rotatable bonds is 7. The van der Waals surface area contributed by atoms with Crippen LogP contribution in [0.25, 0.3) is 0 Å². The van der Waals surface area contributed by atoms with Crippen LogP contribution in [0.4, 0.5) is 0 Å². The summed E-state index contributed by atoms with van der Waals surface area (Å²) < 4.78 is 33.9. The minimum atomic E-state index is -3.18. The number of piperidine rings is 1. The molecule has 1 aliphatic rings. The summed E-state index contributed by atoms with van der Waals surface area (Å²) in [5, 5.41) is 7.31. The van der Waals surface area contributed by atoms with Crippen molar-refractivity contribution in [2.24, 2.45) is 0 Å². The van der Waals surface area contributed by atoms with Crippen LogP contribution in [0, 0.1) is 4.77 Å². The second-order valence-corrected chi connectivity index (χ2v) is 9.38. The van der Waals surface area contributed by atoms with Gasteiger partial charge in [-0.25, -0.2) is 12.7 Å². The number of methoxy groups -OCH3 is 1. The van der Waals surface area contributed by atoms with Crippen molar-refractivity contribution >= 4 is 22.2 Å². The fraction of sp³-hybridized carbons (Fsp3) is 0.556. The Hall–Kier alpha value is -1.71. The molecule has 0 radical (unpaired) electrons. The molecule has 0 unspecified atom stereocenters. The van der Waals surface area contributed by atoms with Crippen LogP contribution in [0.5, 0.6) is 5.75 Å². The molecule has 0 saturated carbocycles. The summed E-state index contributed by atoms with van der Waals surface area (Å²) in [7, 11) is -1.53. The Morgan fingerprint density at radius 1 is 1.33 bits per heavy atom. The van der Waals surface area contributed by atoms with E-state index in [2.05, 4.69) is 10.2 Å². The maximum atomic E-state index is 12.2. The molecule has 1 atom stereocenters. The highest BCUT2D eigenvalue weighted by Gasteiger charge is 2.31. The lowest BCUT2D eigenvalue weighted by molar-refractivity contribution is 0.304. The van der Waals surface area contributed by atoms with Gasteiger partial charge in [-0.2, -0.15) is 5.10 Å². The standard InChI is InChI=1S/C18H26N4O3S2/c1-3-27(23,24)21-11-4-5-15(13-21)17-19-20-18(26)22(17)12-10-14-6-8-16(25-2)9-7-14/h6-9,15H,3-5,10-13H2,1-2H3,(H,20,26)/t15-/m1/s1. The first kappa shape index (κ1) is 20.0. The van der Waals surface area contributed by atoms with Crippen molar-refractivity contribution in [1.82, 2.24) is 19.1 Å². The molecule has 1 aromatic carbocycles. The van der Waals surface area contributed by atoms with E-state index in [4.69, 9.17) is 17.0 Å². The largest absolute Gasteiger partial charge is 0.497 e. The molecule has 0 bridgehead atoms. The van der Waals surface area contributed by atoms with Gasteiger partial charge >= 0.3 is 0 Å². The van der Waals surface area contributed by atoms with Crippen molar-refractivity contribution in [2.75, 3.05) is 26.0 Å². The molecule has 0 amide bonds. The molecule has 1 fully saturated rings. The molecule has 1 aromatic heterocycles. The van der Waals surface area contributed by atoms with Crippen LogP contribution in [-0.2, 0) is 23.0 Å². The Balaban J connectivity index is 1.74. The van der Waals surface area contributed by atoms with Gasteiger partial charge < -0.3 is 9.30 Å². The number of nitrogens with zero attached hydrogens (tertiary/aromatic N) is 3. The van der Waals surface area contributed by atoms with E-state index in [-0.39, 0.29) is 11.7 Å². The lowest BCUT2D eigenvalue weighted by atomic mass is 9.98. The molecule has 7 nitrogen and oxygen atoms in total. The molecule has 1 saturated heterocycles. The first-order valence-corrected chi connectivity index (χ1v) is 11.2. The van der Waals surface area contributed by atoms with Crippen molar-refractivity contribution in [3.63, 3.8) is 0 Å². The molecule has 9 heteroatoms. The zero-order valence-electron chi connectivity index (χ0n) is 15.7. The second-order valence-electron chi connectivity index (χ2n) is 6.73. The maximum absolute atomic E-state index is 12.2. The Labute approximate surface area is 165 Å². The smallest absolute Gasteiger partial charge is 0.213 e. The Morgan fingerprint density at radius 2 is 2.07 bits per heavy atom. The van der Waals surface area contributed by atoms with E-state index in [1.54, 1.807) is 18.3 Å². The Bertz CT molecular complexity index is 919. The zero-order valence-corrected chi connectivity index (χ0v) is 17.4. The van der Waals surface area contributed by atoms with Crippen LogP contribution in [0.2, 0.25) is 0 Å². The fourth-order valence-corrected chi connectivity index (χ4v) is 4.89. The SMILES string of the molecule is CCS(=O)(=O)N1CCC[C@@H](c2n[nH]c(=S)n2CCc2ccc(OC)cc2)C1. The average molecular weight is 411 g/mol. The number of nitrogens with one attached hydrogen (secondary N) is 1. The number of ether oxygens (including phenoxy) is 1. The zero-order chi connectivity index (χ0) is 19.4. The third-order valence-corrected chi connectivity index (χ3v) is 7.24.